The Kier molecular flexibility index (Phi) is 12.2. The number of hydrogen-bond donors (Lipinski definition) is 0. The van der Waals surface area contributed by atoms with Crippen LogP contribution in [0, 0.1) is 0 Å². The van der Waals surface area contributed by atoms with Gasteiger partial charge in [0, 0.05) is 32.7 Å². The minimum Gasteiger partial charge on any atom is -0.457 e. The van der Waals surface area contributed by atoms with E-state index in [1.807, 2.05) is 72.8 Å². The molecule has 0 spiro atoms. The summed E-state index contributed by atoms with van der Waals surface area (Å²) in [6.07, 6.45) is 0. The standard InChI is InChI=1S/C51H13B18N3O2/c52-27-19(20-29(54)37(62)40(65)38(63)30(20)55)31(56)42(67)46-21(27)22-28(53)25(34(59)43(68)47(22)74-46)50-70-49(18-11-5-10-17(13-18)16-9-4-8-15(12-16)14-6-2-1-3-7-14)71-51(72-50)26-35(60)36(61)32(57)23-24-33(58)39(64)41(66)44(69)48(24)73-45(23)26/h1-13H. The van der Waals surface area contributed by atoms with Crippen LogP contribution in [-0.2, 0) is 0 Å². The molecule has 3 heterocycles. The Labute approximate surface area is 450 Å². The van der Waals surface area contributed by atoms with E-state index in [0.717, 1.165) is 22.3 Å². The predicted octanol–water partition coefficient (Wildman–Crippen LogP) is -8.04. The normalized spacial score (nSPS) is 11.7. The van der Waals surface area contributed by atoms with Crippen molar-refractivity contribution in [1.29, 1.82) is 0 Å². The molecule has 23 heteroatoms. The first kappa shape index (κ1) is 49.7. The van der Waals surface area contributed by atoms with E-state index in [1.54, 1.807) is 0 Å². The molecule has 36 radical (unpaired) electrons. The van der Waals surface area contributed by atoms with E-state index in [0.29, 0.717) is 5.56 Å². The highest BCUT2D eigenvalue weighted by atomic mass is 16.3. The highest BCUT2D eigenvalue weighted by Gasteiger charge is 2.29. The molecule has 11 rings (SSSR count). The molecule has 0 fully saturated rings. The van der Waals surface area contributed by atoms with Gasteiger partial charge in [0.05, 0.1) is 5.56 Å². The fourth-order valence-corrected chi connectivity index (χ4v) is 9.70. The SMILES string of the molecule is [B]c1c([B])c([B])c(-c2c([B])c([B])c3oc4c([B])c([B])c(-c5nc(-c6cccc(-c7cccc(-c8ccccc8)c7)c6)nc(-c6c([B])c([B])c([B])c7c6oc6c([B])c([B])c([B])c([B])c67)n5)c([B])c4c3c2[B])c([B])c1[B]. The van der Waals surface area contributed by atoms with Gasteiger partial charge in [-0.1, -0.05) is 132 Å². The van der Waals surface area contributed by atoms with Crippen LogP contribution in [0.15, 0.2) is 87.7 Å². The van der Waals surface area contributed by atoms with Gasteiger partial charge in [-0.15, -0.1) is 32.8 Å². The van der Waals surface area contributed by atoms with Crippen LogP contribution >= 0.6 is 0 Å². The molecular weight excluding hydrogens is 881 g/mol. The van der Waals surface area contributed by atoms with Crippen LogP contribution < -0.4 is 98.3 Å². The van der Waals surface area contributed by atoms with Crippen LogP contribution in [0.5, 0.6) is 0 Å². The summed E-state index contributed by atoms with van der Waals surface area (Å²) in [5, 5.41) is 0.734. The lowest BCUT2D eigenvalue weighted by atomic mass is 9.57. The van der Waals surface area contributed by atoms with Gasteiger partial charge in [-0.3, -0.25) is 0 Å². The van der Waals surface area contributed by atoms with E-state index >= 15 is 0 Å². The summed E-state index contributed by atoms with van der Waals surface area (Å²) in [6, 6.07) is 25.6. The molecule has 0 saturated heterocycles. The van der Waals surface area contributed by atoms with Crippen LogP contribution in [0.3, 0.4) is 0 Å². The second-order valence-corrected chi connectivity index (χ2v) is 17.8. The summed E-state index contributed by atoms with van der Waals surface area (Å²) in [4.78, 5) is 15.1. The maximum absolute atomic E-state index is 7.26. The maximum atomic E-state index is 7.26. The first-order valence-electron chi connectivity index (χ1n) is 22.4. The molecule has 0 aliphatic carbocycles. The molecule has 0 aliphatic heterocycles. The van der Waals surface area contributed by atoms with Crippen LogP contribution in [0.25, 0.3) is 111 Å². The Hall–Kier alpha value is -6.46. The zero-order valence-electron chi connectivity index (χ0n) is 39.1. The Morgan fingerprint density at radius 1 is 0.230 bits per heavy atom. The van der Waals surface area contributed by atoms with Crippen LogP contribution in [0.1, 0.15) is 0 Å². The molecule has 0 N–H and O–H groups in total. The molecule has 0 saturated carbocycles. The first-order valence-corrected chi connectivity index (χ1v) is 22.4. The lowest BCUT2D eigenvalue weighted by molar-refractivity contribution is 0.673. The zero-order chi connectivity index (χ0) is 52.7. The van der Waals surface area contributed by atoms with Gasteiger partial charge in [-0.05, 0) is 45.5 Å². The largest absolute Gasteiger partial charge is 0.457 e. The second-order valence-electron chi connectivity index (χ2n) is 17.8. The Morgan fingerprint density at radius 3 is 1.11 bits per heavy atom. The van der Waals surface area contributed by atoms with Gasteiger partial charge in [0.2, 0.25) is 0 Å². The van der Waals surface area contributed by atoms with Crippen LogP contribution in [0.4, 0.5) is 0 Å². The van der Waals surface area contributed by atoms with Gasteiger partial charge in [0.15, 0.2) is 17.5 Å². The van der Waals surface area contributed by atoms with Crippen molar-refractivity contribution in [1.82, 2.24) is 15.0 Å². The maximum Gasteiger partial charge on any atom is 0.167 e. The third-order valence-electron chi connectivity index (χ3n) is 13.7. The number of furan rings is 2. The van der Waals surface area contributed by atoms with Crippen molar-refractivity contribution in [3.05, 3.63) is 78.9 Å². The zero-order valence-corrected chi connectivity index (χ0v) is 39.1. The van der Waals surface area contributed by atoms with Crippen molar-refractivity contribution in [2.75, 3.05) is 0 Å². The van der Waals surface area contributed by atoms with E-state index < -0.39 is 0 Å². The van der Waals surface area contributed by atoms with Crippen molar-refractivity contribution in [2.45, 2.75) is 0 Å². The highest BCUT2D eigenvalue weighted by Crippen LogP contribution is 2.35. The van der Waals surface area contributed by atoms with Crippen molar-refractivity contribution in [3.63, 3.8) is 0 Å². The summed E-state index contributed by atoms with van der Waals surface area (Å²) >= 11 is 0. The molecule has 0 unspecified atom stereocenters. The minimum atomic E-state index is -0.110. The molecule has 0 atom stereocenters. The Morgan fingerprint density at radius 2 is 0.541 bits per heavy atom. The van der Waals surface area contributed by atoms with Gasteiger partial charge >= 0.3 is 0 Å². The summed E-state index contributed by atoms with van der Waals surface area (Å²) in [5.74, 6) is -0.0955. The van der Waals surface area contributed by atoms with Gasteiger partial charge < -0.3 is 8.83 Å². The average Bonchev–Trinajstić information content (AvgIpc) is 4.02. The molecule has 11 aromatic rings. The third kappa shape index (κ3) is 7.29. The van der Waals surface area contributed by atoms with E-state index in [2.05, 4.69) is 6.07 Å². The number of hydrogen-bond acceptors (Lipinski definition) is 5. The van der Waals surface area contributed by atoms with Crippen molar-refractivity contribution < 1.29 is 8.83 Å². The molecule has 8 aromatic carbocycles. The smallest absolute Gasteiger partial charge is 0.167 e. The molecule has 74 heavy (non-hydrogen) atoms. The summed E-state index contributed by atoms with van der Waals surface area (Å²) in [5.41, 5.74) is 3.76. The monoisotopic (exact) mass is 897 g/mol. The number of nitrogens with zero attached hydrogens (tertiary/aromatic N) is 3. The highest BCUT2D eigenvalue weighted by molar-refractivity contribution is 6.72. The Bertz CT molecular complexity index is 4280. The fraction of sp³-hybridized carbons (Fsp3) is 0. The minimum absolute atomic E-state index is 0.000764. The second kappa shape index (κ2) is 18.1. The molecule has 0 aliphatic rings. The lowest BCUT2D eigenvalue weighted by Crippen LogP contribution is -2.56. The van der Waals surface area contributed by atoms with Crippen LogP contribution in [0.2, 0.25) is 0 Å². The molecule has 5 nitrogen and oxygen atoms in total. The molecule has 0 bridgehead atoms. The summed E-state index contributed by atoms with van der Waals surface area (Å²) < 4.78 is 12.8. The van der Waals surface area contributed by atoms with Gasteiger partial charge in [-0.25, -0.2) is 15.0 Å². The Balaban J connectivity index is 1.23. The topological polar surface area (TPSA) is 65.0 Å². The van der Waals surface area contributed by atoms with Crippen molar-refractivity contribution in [3.8, 4) is 67.5 Å². The molecule has 0 amide bonds. The van der Waals surface area contributed by atoms with E-state index in [-0.39, 0.29) is 182 Å². The number of benzene rings is 8. The van der Waals surface area contributed by atoms with E-state index in [1.165, 1.54) is 0 Å². The molecule has 298 valence electrons. The molecule has 3 aromatic heterocycles. The van der Waals surface area contributed by atoms with Crippen molar-refractivity contribution in [2.24, 2.45) is 0 Å². The number of aromatic nitrogens is 3. The first-order chi connectivity index (χ1) is 35.2. The van der Waals surface area contributed by atoms with Crippen molar-refractivity contribution >= 4 is 283 Å². The fourth-order valence-electron chi connectivity index (χ4n) is 9.70. The van der Waals surface area contributed by atoms with E-state index in [9.17, 15) is 0 Å². The summed E-state index contributed by atoms with van der Waals surface area (Å²) in [7, 11) is 119. The summed E-state index contributed by atoms with van der Waals surface area (Å²) in [6.45, 7) is 0. The predicted molar refractivity (Wildman–Crippen MR) is 324 cm³/mol. The van der Waals surface area contributed by atoms with Gasteiger partial charge in [-0.2, -0.15) is 0 Å². The number of fused-ring (bicyclic) bond motifs is 6. The number of rotatable bonds is 6. The molecular formula is C51H13B18N3O2. The quantitative estimate of drug-likeness (QED) is 0.156. The van der Waals surface area contributed by atoms with Gasteiger partial charge in [0.25, 0.3) is 0 Å². The van der Waals surface area contributed by atoms with Crippen LogP contribution in [-0.4, -0.2) is 156 Å². The lowest BCUT2D eigenvalue weighted by Gasteiger charge is -2.25. The average molecular weight is 894 g/mol. The van der Waals surface area contributed by atoms with Gasteiger partial charge in [0.1, 0.15) is 164 Å². The van der Waals surface area contributed by atoms with E-state index in [4.69, 9.17) is 165 Å². The third-order valence-corrected chi connectivity index (χ3v) is 13.7.